The van der Waals surface area contributed by atoms with Crippen LogP contribution in [0.15, 0.2) is 85.2 Å². The Hall–Kier alpha value is -4.43. The maximum absolute atomic E-state index is 9.54. The van der Waals surface area contributed by atoms with Crippen LogP contribution in [-0.4, -0.2) is 19.9 Å². The molecule has 2 unspecified atom stereocenters. The summed E-state index contributed by atoms with van der Waals surface area (Å²) in [5, 5.41) is 11.4. The van der Waals surface area contributed by atoms with E-state index in [0.717, 1.165) is 45.2 Å². The highest BCUT2D eigenvalue weighted by molar-refractivity contribution is 5.91. The van der Waals surface area contributed by atoms with Crippen molar-refractivity contribution in [3.8, 4) is 40.2 Å². The lowest BCUT2D eigenvalue weighted by atomic mass is 9.54. The van der Waals surface area contributed by atoms with Crippen molar-refractivity contribution in [1.82, 2.24) is 19.9 Å². The number of rotatable bonds is 4. The summed E-state index contributed by atoms with van der Waals surface area (Å²) >= 11 is 0. The van der Waals surface area contributed by atoms with Crippen molar-refractivity contribution in [3.05, 3.63) is 96.3 Å². The third kappa shape index (κ3) is 4.78. The molecule has 4 atom stereocenters. The molecule has 3 aromatic carbocycles. The molecule has 7 rings (SSSR count). The van der Waals surface area contributed by atoms with Gasteiger partial charge in [0.05, 0.1) is 11.6 Å². The van der Waals surface area contributed by atoms with Crippen LogP contribution in [0, 0.1) is 29.1 Å². The molecule has 2 fully saturated rings. The molecule has 2 saturated carbocycles. The average molecular weight is 536 g/mol. The Morgan fingerprint density at radius 1 is 0.707 bits per heavy atom. The Labute approximate surface area is 241 Å². The fourth-order valence-electron chi connectivity index (χ4n) is 7.82. The second-order valence-corrected chi connectivity index (χ2v) is 12.4. The van der Waals surface area contributed by atoms with Gasteiger partial charge in [0.15, 0.2) is 17.5 Å². The molecule has 5 nitrogen and oxygen atoms in total. The van der Waals surface area contributed by atoms with Crippen LogP contribution in [0.3, 0.4) is 0 Å². The number of hydrogen-bond acceptors (Lipinski definition) is 5. The molecule has 0 radical (unpaired) electrons. The largest absolute Gasteiger partial charge is 0.265 e. The molecule has 0 spiro atoms. The summed E-state index contributed by atoms with van der Waals surface area (Å²) in [7, 11) is 0. The van der Waals surface area contributed by atoms with Gasteiger partial charge in [0.1, 0.15) is 0 Å². The van der Waals surface area contributed by atoms with E-state index in [1.54, 1.807) is 12.4 Å². The van der Waals surface area contributed by atoms with Gasteiger partial charge in [0, 0.05) is 29.1 Å². The van der Waals surface area contributed by atoms with E-state index in [-0.39, 0.29) is 0 Å². The van der Waals surface area contributed by atoms with Gasteiger partial charge in [0.2, 0.25) is 0 Å². The Morgan fingerprint density at radius 3 is 1.98 bits per heavy atom. The Morgan fingerprint density at radius 2 is 1.32 bits per heavy atom. The second kappa shape index (κ2) is 10.2. The standard InChI is InChI=1S/C36H33N5/c1-23-16-25-17-24(2)20-36(19-23,21-25)31-9-6-26(7-10-31)33-39-34(27-12-14-38-15-13-27)41-35(40-33)29-8-11-32-28(18-29)4-3-5-30(32)22-37/h3-15,18,23-25H,16-17,19-21H2,1-2H3/t23-,24+,25?,36?. The van der Waals surface area contributed by atoms with Gasteiger partial charge in [-0.05, 0) is 95.9 Å². The zero-order valence-corrected chi connectivity index (χ0v) is 23.6. The van der Waals surface area contributed by atoms with E-state index in [1.807, 2.05) is 42.5 Å². The average Bonchev–Trinajstić information content (AvgIpc) is 3.00. The summed E-state index contributed by atoms with van der Waals surface area (Å²) in [5.41, 5.74) is 5.19. The molecule has 2 aliphatic rings. The highest BCUT2D eigenvalue weighted by Crippen LogP contribution is 2.54. The summed E-state index contributed by atoms with van der Waals surface area (Å²) in [6.07, 6.45) is 10.2. The van der Waals surface area contributed by atoms with Crippen LogP contribution in [0.4, 0.5) is 0 Å². The van der Waals surface area contributed by atoms with Crippen molar-refractivity contribution < 1.29 is 0 Å². The van der Waals surface area contributed by atoms with Crippen LogP contribution in [0.5, 0.6) is 0 Å². The molecule has 0 amide bonds. The topological polar surface area (TPSA) is 75.3 Å². The minimum Gasteiger partial charge on any atom is -0.265 e. The van der Waals surface area contributed by atoms with Crippen LogP contribution in [0.2, 0.25) is 0 Å². The summed E-state index contributed by atoms with van der Waals surface area (Å²) in [4.78, 5) is 19.0. The number of benzene rings is 3. The van der Waals surface area contributed by atoms with Gasteiger partial charge in [-0.2, -0.15) is 5.26 Å². The first kappa shape index (κ1) is 25.5. The Balaban J connectivity index is 1.31. The highest BCUT2D eigenvalue weighted by atomic mass is 15.0. The minimum atomic E-state index is 0.290. The smallest absolute Gasteiger partial charge is 0.164 e. The molecule has 2 aliphatic carbocycles. The number of nitrogens with zero attached hydrogens (tertiary/aromatic N) is 5. The second-order valence-electron chi connectivity index (χ2n) is 12.4. The molecule has 202 valence electrons. The van der Waals surface area contributed by atoms with Crippen LogP contribution >= 0.6 is 0 Å². The molecular weight excluding hydrogens is 502 g/mol. The van der Waals surface area contributed by atoms with Gasteiger partial charge in [-0.1, -0.05) is 62.4 Å². The predicted molar refractivity (Wildman–Crippen MR) is 163 cm³/mol. The van der Waals surface area contributed by atoms with Crippen LogP contribution in [-0.2, 0) is 5.41 Å². The van der Waals surface area contributed by atoms with Crippen molar-refractivity contribution in [2.75, 3.05) is 0 Å². The maximum Gasteiger partial charge on any atom is 0.164 e. The lowest BCUT2D eigenvalue weighted by Crippen LogP contribution is -2.42. The lowest BCUT2D eigenvalue weighted by molar-refractivity contribution is 0.0780. The Bertz CT molecular complexity index is 1750. The molecule has 2 bridgehead atoms. The van der Waals surface area contributed by atoms with Crippen LogP contribution in [0.25, 0.3) is 44.9 Å². The summed E-state index contributed by atoms with van der Waals surface area (Å²) in [6.45, 7) is 4.87. The normalized spacial score (nSPS) is 23.7. The summed E-state index contributed by atoms with van der Waals surface area (Å²) < 4.78 is 0. The van der Waals surface area contributed by atoms with E-state index in [2.05, 4.69) is 55.2 Å². The number of hydrogen-bond donors (Lipinski definition) is 0. The first-order chi connectivity index (χ1) is 20.0. The molecule has 0 saturated heterocycles. The van der Waals surface area contributed by atoms with Crippen molar-refractivity contribution in [1.29, 1.82) is 5.26 Å². The first-order valence-electron chi connectivity index (χ1n) is 14.7. The summed E-state index contributed by atoms with van der Waals surface area (Å²) in [5.74, 6) is 4.29. The minimum absolute atomic E-state index is 0.290. The maximum atomic E-state index is 9.54. The zero-order chi connectivity index (χ0) is 28.0. The molecule has 2 aromatic heterocycles. The van der Waals surface area contributed by atoms with Gasteiger partial charge < -0.3 is 0 Å². The highest BCUT2D eigenvalue weighted by Gasteiger charge is 2.45. The fraction of sp³-hybridized carbons (Fsp3) is 0.306. The van der Waals surface area contributed by atoms with E-state index < -0.39 is 0 Å². The SMILES string of the molecule is C[C@@H]1CC2C[C@H](C)CC(c3ccc(-c4nc(-c5ccncc5)nc(-c5ccc6c(C#N)cccc6c5)n4)cc3)(C2)C1. The molecule has 41 heavy (non-hydrogen) atoms. The number of nitriles is 1. The van der Waals surface area contributed by atoms with Gasteiger partial charge in [0.25, 0.3) is 0 Å². The number of pyridine rings is 1. The van der Waals surface area contributed by atoms with Crippen LogP contribution < -0.4 is 0 Å². The van der Waals surface area contributed by atoms with Gasteiger partial charge in [-0.25, -0.2) is 15.0 Å². The van der Waals surface area contributed by atoms with Crippen molar-refractivity contribution in [3.63, 3.8) is 0 Å². The molecule has 0 aliphatic heterocycles. The van der Waals surface area contributed by atoms with Crippen LogP contribution in [0.1, 0.15) is 57.1 Å². The van der Waals surface area contributed by atoms with Crippen molar-refractivity contribution in [2.45, 2.75) is 51.4 Å². The summed E-state index contributed by atoms with van der Waals surface area (Å²) in [6, 6.07) is 27.0. The molecular formula is C36H33N5. The van der Waals surface area contributed by atoms with E-state index in [9.17, 15) is 5.26 Å². The lowest BCUT2D eigenvalue weighted by Gasteiger charge is -2.50. The molecule has 5 heteroatoms. The number of fused-ring (bicyclic) bond motifs is 3. The van der Waals surface area contributed by atoms with E-state index in [0.29, 0.717) is 28.5 Å². The van der Waals surface area contributed by atoms with E-state index in [1.165, 1.54) is 37.7 Å². The van der Waals surface area contributed by atoms with E-state index in [4.69, 9.17) is 15.0 Å². The third-order valence-corrected chi connectivity index (χ3v) is 9.22. The molecule has 0 N–H and O–H groups in total. The quantitative estimate of drug-likeness (QED) is 0.231. The monoisotopic (exact) mass is 535 g/mol. The fourth-order valence-corrected chi connectivity index (χ4v) is 7.82. The first-order valence-corrected chi connectivity index (χ1v) is 14.7. The van der Waals surface area contributed by atoms with Gasteiger partial charge in [-0.15, -0.1) is 0 Å². The number of aromatic nitrogens is 4. The van der Waals surface area contributed by atoms with Crippen molar-refractivity contribution in [2.24, 2.45) is 17.8 Å². The molecule has 5 aromatic rings. The van der Waals surface area contributed by atoms with Gasteiger partial charge >= 0.3 is 0 Å². The van der Waals surface area contributed by atoms with Crippen molar-refractivity contribution >= 4 is 10.8 Å². The van der Waals surface area contributed by atoms with Gasteiger partial charge in [-0.3, -0.25) is 4.98 Å². The zero-order valence-electron chi connectivity index (χ0n) is 23.6. The predicted octanol–water partition coefficient (Wildman–Crippen LogP) is 8.40. The third-order valence-electron chi connectivity index (χ3n) is 9.22. The molecule has 2 heterocycles. The Kier molecular flexibility index (Phi) is 6.35. The van der Waals surface area contributed by atoms with E-state index >= 15 is 0 Å².